The minimum Gasteiger partial charge on any atom is -0.492 e. The van der Waals surface area contributed by atoms with Crippen molar-refractivity contribution in [3.63, 3.8) is 0 Å². The van der Waals surface area contributed by atoms with Gasteiger partial charge in [0, 0.05) is 23.7 Å². The first-order valence-corrected chi connectivity index (χ1v) is 10.8. The normalized spacial score (nSPS) is 14.3. The molecule has 1 N–H and O–H groups in total. The number of rotatable bonds is 6. The number of carbonyl (C=O) groups is 1. The highest BCUT2D eigenvalue weighted by Gasteiger charge is 2.27. The second-order valence-electron chi connectivity index (χ2n) is 8.61. The molecule has 33 heavy (non-hydrogen) atoms. The largest absolute Gasteiger partial charge is 0.492 e. The van der Waals surface area contributed by atoms with Gasteiger partial charge in [-0.05, 0) is 61.6 Å². The van der Waals surface area contributed by atoms with Gasteiger partial charge in [0.1, 0.15) is 12.4 Å². The van der Waals surface area contributed by atoms with E-state index in [9.17, 15) is 4.79 Å². The third-order valence-electron chi connectivity index (χ3n) is 6.15. The van der Waals surface area contributed by atoms with Gasteiger partial charge in [-0.2, -0.15) is 0 Å². The fourth-order valence-corrected chi connectivity index (χ4v) is 4.50. The van der Waals surface area contributed by atoms with Crippen LogP contribution in [0.3, 0.4) is 0 Å². The zero-order valence-electron chi connectivity index (χ0n) is 19.2. The zero-order valence-corrected chi connectivity index (χ0v) is 19.2. The Hall–Kier alpha value is -3.85. The minimum atomic E-state index is -0.850. The highest BCUT2D eigenvalue weighted by atomic mass is 16.5. The molecule has 1 aliphatic heterocycles. The molecule has 1 aromatic heterocycles. The molecule has 4 rings (SSSR count). The fourth-order valence-electron chi connectivity index (χ4n) is 4.50. The van der Waals surface area contributed by atoms with E-state index in [1.807, 2.05) is 26.0 Å². The molecule has 0 amide bonds. The van der Waals surface area contributed by atoms with Gasteiger partial charge in [0.15, 0.2) is 5.69 Å². The van der Waals surface area contributed by atoms with Crippen LogP contribution in [0.2, 0.25) is 0 Å². The Labute approximate surface area is 193 Å². The molecule has 0 unspecified atom stereocenters. The van der Waals surface area contributed by atoms with E-state index in [0.717, 1.165) is 38.9 Å². The van der Waals surface area contributed by atoms with Crippen molar-refractivity contribution in [2.24, 2.45) is 0 Å². The van der Waals surface area contributed by atoms with Crippen LogP contribution in [0.4, 0.5) is 5.69 Å². The Morgan fingerprint density at radius 3 is 2.52 bits per heavy atom. The summed E-state index contributed by atoms with van der Waals surface area (Å²) in [5.74, 6) is 0.0528. The number of benzene rings is 2. The van der Waals surface area contributed by atoms with Crippen molar-refractivity contribution in [3.05, 3.63) is 81.3 Å². The van der Waals surface area contributed by atoms with Crippen LogP contribution in [0, 0.1) is 34.3 Å². The summed E-state index contributed by atoms with van der Waals surface area (Å²) in [4.78, 5) is 19.0. The molecule has 0 radical (unpaired) electrons. The smallest absolute Gasteiger partial charge is 0.304 e. The molecule has 2 heterocycles. The van der Waals surface area contributed by atoms with Crippen molar-refractivity contribution >= 4 is 11.7 Å². The minimum absolute atomic E-state index is 0.0237. The lowest BCUT2D eigenvalue weighted by atomic mass is 9.89. The first kappa shape index (κ1) is 22.3. The SMILES string of the molecule is [C-]#[N+]c1cc(C)c(-c2cc(COc3cc4c(cn3)[C@H](CC(=O)O)CO4)c(C)cc2C)c(C)c1. The number of hydrogen-bond acceptors (Lipinski definition) is 4. The molecule has 0 saturated carbocycles. The van der Waals surface area contributed by atoms with E-state index in [4.69, 9.17) is 21.2 Å². The summed E-state index contributed by atoms with van der Waals surface area (Å²) in [5.41, 5.74) is 9.25. The van der Waals surface area contributed by atoms with Crippen LogP contribution < -0.4 is 9.47 Å². The molecule has 0 saturated heterocycles. The maximum atomic E-state index is 11.0. The maximum Gasteiger partial charge on any atom is 0.304 e. The standard InChI is InChI=1S/C27H26N2O4/c1-15-6-16(2)22(27-17(3)7-21(28-5)8-18(27)4)9-19(15)13-33-25-11-24-23(12-29-25)20(14-32-24)10-26(30)31/h6-9,11-12,20H,10,13-14H2,1-4H3,(H,30,31)/t20-/m1/s1. The number of carboxylic acid groups (broad SMARTS) is 1. The number of fused-ring (bicyclic) bond motifs is 1. The zero-order chi connectivity index (χ0) is 23.7. The quantitative estimate of drug-likeness (QED) is 0.470. The van der Waals surface area contributed by atoms with Crippen molar-refractivity contribution in [2.45, 2.75) is 46.6 Å². The Balaban J connectivity index is 1.58. The van der Waals surface area contributed by atoms with Gasteiger partial charge in [0.25, 0.3) is 0 Å². The molecule has 0 aliphatic carbocycles. The van der Waals surface area contributed by atoms with Crippen LogP contribution in [0.1, 0.15) is 45.7 Å². The van der Waals surface area contributed by atoms with Gasteiger partial charge in [-0.3, -0.25) is 4.79 Å². The van der Waals surface area contributed by atoms with Crippen LogP contribution in [0.15, 0.2) is 36.5 Å². The average Bonchev–Trinajstić information content (AvgIpc) is 3.15. The van der Waals surface area contributed by atoms with Gasteiger partial charge < -0.3 is 14.6 Å². The number of aliphatic carboxylic acids is 1. The summed E-state index contributed by atoms with van der Waals surface area (Å²) >= 11 is 0. The average molecular weight is 443 g/mol. The molecule has 1 aliphatic rings. The third kappa shape index (κ3) is 4.54. The van der Waals surface area contributed by atoms with Crippen molar-refractivity contribution < 1.29 is 19.4 Å². The molecule has 6 heteroatoms. The van der Waals surface area contributed by atoms with Crippen LogP contribution in [-0.2, 0) is 11.4 Å². The Morgan fingerprint density at radius 1 is 1.12 bits per heavy atom. The molecular formula is C27H26N2O4. The molecule has 1 atom stereocenters. The van der Waals surface area contributed by atoms with Crippen LogP contribution in [0.5, 0.6) is 11.6 Å². The second-order valence-corrected chi connectivity index (χ2v) is 8.61. The van der Waals surface area contributed by atoms with E-state index in [2.05, 4.69) is 35.8 Å². The first-order chi connectivity index (χ1) is 15.8. The van der Waals surface area contributed by atoms with Crippen LogP contribution in [-0.4, -0.2) is 22.7 Å². The number of nitrogens with zero attached hydrogens (tertiary/aromatic N) is 2. The van der Waals surface area contributed by atoms with Gasteiger partial charge in [-0.15, -0.1) is 0 Å². The summed E-state index contributed by atoms with van der Waals surface area (Å²) in [6.07, 6.45) is 1.68. The van der Waals surface area contributed by atoms with Crippen molar-refractivity contribution in [3.8, 4) is 22.8 Å². The molecule has 0 bridgehead atoms. The predicted molar refractivity (Wildman–Crippen MR) is 126 cm³/mol. The van der Waals surface area contributed by atoms with E-state index >= 15 is 0 Å². The second kappa shape index (κ2) is 8.95. The predicted octanol–water partition coefficient (Wildman–Crippen LogP) is 6.06. The van der Waals surface area contributed by atoms with Gasteiger partial charge in [-0.25, -0.2) is 9.83 Å². The molecule has 3 aromatic rings. The van der Waals surface area contributed by atoms with Crippen molar-refractivity contribution in [1.82, 2.24) is 4.98 Å². The molecular weight excluding hydrogens is 416 g/mol. The number of pyridine rings is 1. The number of carboxylic acids is 1. The van der Waals surface area contributed by atoms with E-state index in [0.29, 0.717) is 30.5 Å². The fraction of sp³-hybridized carbons (Fsp3) is 0.296. The maximum absolute atomic E-state index is 11.0. The summed E-state index contributed by atoms with van der Waals surface area (Å²) in [5, 5.41) is 9.06. The lowest BCUT2D eigenvalue weighted by Crippen LogP contribution is -2.07. The summed E-state index contributed by atoms with van der Waals surface area (Å²) in [6, 6.07) is 9.91. The van der Waals surface area contributed by atoms with Gasteiger partial charge in [-0.1, -0.05) is 29.3 Å². The summed E-state index contributed by atoms with van der Waals surface area (Å²) in [6.45, 7) is 16.2. The topological polar surface area (TPSA) is 73.0 Å². The molecule has 6 nitrogen and oxygen atoms in total. The number of hydrogen-bond donors (Lipinski definition) is 1. The molecule has 2 aromatic carbocycles. The Bertz CT molecular complexity index is 1270. The first-order valence-electron chi connectivity index (χ1n) is 10.8. The monoisotopic (exact) mass is 442 g/mol. The van der Waals surface area contributed by atoms with Gasteiger partial charge in [0.05, 0.1) is 19.6 Å². The number of aromatic nitrogens is 1. The van der Waals surface area contributed by atoms with Crippen molar-refractivity contribution in [1.29, 1.82) is 0 Å². The van der Waals surface area contributed by atoms with Crippen molar-refractivity contribution in [2.75, 3.05) is 6.61 Å². The highest BCUT2D eigenvalue weighted by molar-refractivity contribution is 5.77. The van der Waals surface area contributed by atoms with Gasteiger partial charge in [0.2, 0.25) is 5.88 Å². The number of aryl methyl sites for hydroxylation is 4. The number of ether oxygens (including phenoxy) is 2. The van der Waals surface area contributed by atoms with Gasteiger partial charge >= 0.3 is 5.97 Å². The molecule has 168 valence electrons. The van der Waals surface area contributed by atoms with E-state index in [1.165, 1.54) is 5.56 Å². The summed E-state index contributed by atoms with van der Waals surface area (Å²) < 4.78 is 11.7. The summed E-state index contributed by atoms with van der Waals surface area (Å²) in [7, 11) is 0. The van der Waals surface area contributed by atoms with Crippen LogP contribution in [0.25, 0.3) is 16.0 Å². The molecule has 0 fully saturated rings. The molecule has 0 spiro atoms. The Morgan fingerprint density at radius 2 is 1.85 bits per heavy atom. The third-order valence-corrected chi connectivity index (χ3v) is 6.15. The lowest BCUT2D eigenvalue weighted by molar-refractivity contribution is -0.137. The van der Waals surface area contributed by atoms with E-state index in [-0.39, 0.29) is 12.3 Å². The Kier molecular flexibility index (Phi) is 6.06. The lowest BCUT2D eigenvalue weighted by Gasteiger charge is -2.17. The van der Waals surface area contributed by atoms with Crippen LogP contribution >= 0.6 is 0 Å². The van der Waals surface area contributed by atoms with E-state index in [1.54, 1.807) is 12.3 Å². The highest BCUT2D eigenvalue weighted by Crippen LogP contribution is 2.38. The van der Waals surface area contributed by atoms with E-state index < -0.39 is 5.97 Å².